The van der Waals surface area contributed by atoms with Gasteiger partial charge in [-0.2, -0.15) is 0 Å². The first-order chi connectivity index (χ1) is 6.92. The predicted molar refractivity (Wildman–Crippen MR) is 62.0 cm³/mol. The molecule has 2 saturated carbocycles. The summed E-state index contributed by atoms with van der Waals surface area (Å²) in [5.41, 5.74) is 0. The van der Waals surface area contributed by atoms with Crippen molar-refractivity contribution in [3.63, 3.8) is 0 Å². The van der Waals surface area contributed by atoms with Crippen molar-refractivity contribution in [2.75, 3.05) is 0 Å². The van der Waals surface area contributed by atoms with Crippen molar-refractivity contribution >= 4 is 0 Å². The summed E-state index contributed by atoms with van der Waals surface area (Å²) in [7, 11) is 0. The number of rotatable bonds is 3. The van der Waals surface area contributed by atoms with E-state index in [-0.39, 0.29) is 0 Å². The van der Waals surface area contributed by atoms with Gasteiger partial charge in [-0.05, 0) is 37.0 Å². The molecule has 0 aromatic carbocycles. The molecule has 0 N–H and O–H groups in total. The van der Waals surface area contributed by atoms with E-state index in [2.05, 4.69) is 12.7 Å². The quantitative estimate of drug-likeness (QED) is 0.575. The van der Waals surface area contributed by atoms with Gasteiger partial charge in [0.25, 0.3) is 0 Å². The first-order valence-corrected chi connectivity index (χ1v) is 6.37. The van der Waals surface area contributed by atoms with Gasteiger partial charge in [-0.3, -0.25) is 0 Å². The van der Waals surface area contributed by atoms with E-state index in [1.807, 2.05) is 5.92 Å². The molecule has 0 aromatic rings. The van der Waals surface area contributed by atoms with Crippen LogP contribution in [0.2, 0.25) is 0 Å². The highest BCUT2D eigenvalue weighted by Gasteiger charge is 2.33. The normalized spacial score (nSPS) is 30.7. The van der Waals surface area contributed by atoms with Crippen LogP contribution in [0, 0.1) is 17.8 Å². The molecule has 2 fully saturated rings. The molecule has 0 amide bonds. The monoisotopic (exact) mass is 191 g/mol. The van der Waals surface area contributed by atoms with Crippen molar-refractivity contribution in [2.24, 2.45) is 11.8 Å². The van der Waals surface area contributed by atoms with Gasteiger partial charge in [0.2, 0.25) is 0 Å². The highest BCUT2D eigenvalue weighted by Crippen LogP contribution is 2.45. The third kappa shape index (κ3) is 2.21. The SMILES string of the molecule is C=CC[C]1CCCC1C1CCCCC1. The minimum absolute atomic E-state index is 0.980. The highest BCUT2D eigenvalue weighted by molar-refractivity contribution is 5.07. The van der Waals surface area contributed by atoms with Gasteiger partial charge >= 0.3 is 0 Å². The van der Waals surface area contributed by atoms with Crippen molar-refractivity contribution in [3.8, 4) is 0 Å². The smallest absolute Gasteiger partial charge is 0.0170 e. The second-order valence-electron chi connectivity index (χ2n) is 5.05. The van der Waals surface area contributed by atoms with Crippen LogP contribution in [0.1, 0.15) is 57.8 Å². The van der Waals surface area contributed by atoms with Gasteiger partial charge in [-0.1, -0.05) is 44.6 Å². The predicted octanol–water partition coefficient (Wildman–Crippen LogP) is 4.52. The Morgan fingerprint density at radius 2 is 1.86 bits per heavy atom. The van der Waals surface area contributed by atoms with E-state index in [0.717, 1.165) is 11.8 Å². The Labute approximate surface area is 88.8 Å². The summed E-state index contributed by atoms with van der Waals surface area (Å²) in [5.74, 6) is 3.85. The Morgan fingerprint density at radius 1 is 1.07 bits per heavy atom. The Bertz CT molecular complexity index is 176. The van der Waals surface area contributed by atoms with Crippen LogP contribution < -0.4 is 0 Å². The molecule has 0 heterocycles. The van der Waals surface area contributed by atoms with E-state index >= 15 is 0 Å². The summed E-state index contributed by atoms with van der Waals surface area (Å²) < 4.78 is 0. The fourth-order valence-electron chi connectivity index (χ4n) is 3.48. The molecule has 1 radical (unpaired) electrons. The van der Waals surface area contributed by atoms with Crippen molar-refractivity contribution in [2.45, 2.75) is 57.8 Å². The third-order valence-electron chi connectivity index (χ3n) is 4.16. The molecule has 0 bridgehead atoms. The van der Waals surface area contributed by atoms with Gasteiger partial charge < -0.3 is 0 Å². The molecule has 1 atom stereocenters. The molecule has 0 spiro atoms. The van der Waals surface area contributed by atoms with Crippen LogP contribution in [0.25, 0.3) is 0 Å². The Balaban J connectivity index is 1.90. The second-order valence-corrected chi connectivity index (χ2v) is 5.05. The molecule has 0 aliphatic heterocycles. The molecule has 2 rings (SSSR count). The van der Waals surface area contributed by atoms with Gasteiger partial charge in [0.1, 0.15) is 0 Å². The molecular weight excluding hydrogens is 168 g/mol. The summed E-state index contributed by atoms with van der Waals surface area (Å²) >= 11 is 0. The lowest BCUT2D eigenvalue weighted by atomic mass is 9.75. The van der Waals surface area contributed by atoms with Crippen LogP contribution in [-0.2, 0) is 0 Å². The molecule has 0 heteroatoms. The zero-order valence-electron chi connectivity index (χ0n) is 9.30. The third-order valence-corrected chi connectivity index (χ3v) is 4.16. The zero-order valence-corrected chi connectivity index (χ0v) is 9.30. The number of allylic oxidation sites excluding steroid dienone is 1. The maximum atomic E-state index is 3.88. The van der Waals surface area contributed by atoms with Crippen molar-refractivity contribution in [3.05, 3.63) is 18.6 Å². The first-order valence-electron chi connectivity index (χ1n) is 6.37. The largest absolute Gasteiger partial charge is 0.103 e. The van der Waals surface area contributed by atoms with Gasteiger partial charge in [-0.15, -0.1) is 6.58 Å². The Morgan fingerprint density at radius 3 is 2.57 bits per heavy atom. The van der Waals surface area contributed by atoms with Crippen LogP contribution in [0.5, 0.6) is 0 Å². The molecular formula is C14H23. The fraction of sp³-hybridized carbons (Fsp3) is 0.786. The average Bonchev–Trinajstić information content (AvgIpc) is 2.68. The molecule has 14 heavy (non-hydrogen) atoms. The number of hydrogen-bond acceptors (Lipinski definition) is 0. The average molecular weight is 191 g/mol. The van der Waals surface area contributed by atoms with Crippen LogP contribution in [-0.4, -0.2) is 0 Å². The van der Waals surface area contributed by atoms with E-state index in [9.17, 15) is 0 Å². The molecule has 1 unspecified atom stereocenters. The molecule has 2 aliphatic rings. The van der Waals surface area contributed by atoms with Crippen LogP contribution >= 0.6 is 0 Å². The van der Waals surface area contributed by atoms with Crippen LogP contribution in [0.15, 0.2) is 12.7 Å². The van der Waals surface area contributed by atoms with Gasteiger partial charge in [0, 0.05) is 0 Å². The van der Waals surface area contributed by atoms with E-state index < -0.39 is 0 Å². The molecule has 0 aromatic heterocycles. The summed E-state index contributed by atoms with van der Waals surface area (Å²) in [4.78, 5) is 0. The van der Waals surface area contributed by atoms with Gasteiger partial charge in [0.05, 0.1) is 0 Å². The highest BCUT2D eigenvalue weighted by atomic mass is 14.4. The van der Waals surface area contributed by atoms with Crippen molar-refractivity contribution in [1.29, 1.82) is 0 Å². The minimum atomic E-state index is 0.980. The maximum absolute atomic E-state index is 3.88. The topological polar surface area (TPSA) is 0 Å². The minimum Gasteiger partial charge on any atom is -0.103 e. The lowest BCUT2D eigenvalue weighted by Crippen LogP contribution is -2.20. The maximum Gasteiger partial charge on any atom is -0.0170 e. The second kappa shape index (κ2) is 5.00. The number of hydrogen-bond donors (Lipinski definition) is 0. The summed E-state index contributed by atoms with van der Waals surface area (Å²) in [6.07, 6.45) is 15.1. The van der Waals surface area contributed by atoms with Gasteiger partial charge in [-0.25, -0.2) is 0 Å². The van der Waals surface area contributed by atoms with Crippen LogP contribution in [0.3, 0.4) is 0 Å². The van der Waals surface area contributed by atoms with E-state index in [1.165, 1.54) is 57.8 Å². The first kappa shape index (κ1) is 10.3. The molecule has 79 valence electrons. The van der Waals surface area contributed by atoms with E-state index in [4.69, 9.17) is 0 Å². The fourth-order valence-corrected chi connectivity index (χ4v) is 3.48. The molecule has 0 nitrogen and oxygen atoms in total. The summed E-state index contributed by atoms with van der Waals surface area (Å²) in [5, 5.41) is 0. The van der Waals surface area contributed by atoms with E-state index in [0.29, 0.717) is 0 Å². The van der Waals surface area contributed by atoms with Crippen LogP contribution in [0.4, 0.5) is 0 Å². The van der Waals surface area contributed by atoms with Gasteiger partial charge in [0.15, 0.2) is 0 Å². The summed E-state index contributed by atoms with van der Waals surface area (Å²) in [6, 6.07) is 0. The molecule has 2 aliphatic carbocycles. The van der Waals surface area contributed by atoms with Crippen molar-refractivity contribution in [1.82, 2.24) is 0 Å². The zero-order chi connectivity index (χ0) is 9.80. The standard InChI is InChI=1S/C14H23/c1-2-7-12-10-6-11-14(12)13-8-4-3-5-9-13/h2,13-14H,1,3-11H2. The van der Waals surface area contributed by atoms with E-state index in [1.54, 1.807) is 0 Å². The lowest BCUT2D eigenvalue weighted by Gasteiger charge is -2.31. The molecule has 0 saturated heterocycles. The summed E-state index contributed by atoms with van der Waals surface area (Å²) in [6.45, 7) is 3.88. The van der Waals surface area contributed by atoms with Crippen molar-refractivity contribution < 1.29 is 0 Å². The Kier molecular flexibility index (Phi) is 3.67. The Hall–Kier alpha value is -0.260. The lowest BCUT2D eigenvalue weighted by molar-refractivity contribution is 0.262.